The minimum atomic E-state index is -0.0397. The molecule has 0 atom stereocenters. The van der Waals surface area contributed by atoms with E-state index >= 15 is 0 Å². The first-order valence-electron chi connectivity index (χ1n) is 6.64. The van der Waals surface area contributed by atoms with Crippen molar-refractivity contribution in [1.29, 1.82) is 0 Å². The lowest BCUT2D eigenvalue weighted by molar-refractivity contribution is -0.120. The van der Waals surface area contributed by atoms with Gasteiger partial charge in [-0.15, -0.1) is 6.42 Å². The number of nitrogens with one attached hydrogen (secondary N) is 1. The van der Waals surface area contributed by atoms with Gasteiger partial charge in [-0.2, -0.15) is 0 Å². The fourth-order valence-corrected chi connectivity index (χ4v) is 1.84. The van der Waals surface area contributed by atoms with E-state index in [1.54, 1.807) is 26.4 Å². The highest BCUT2D eigenvalue weighted by atomic mass is 16.5. The van der Waals surface area contributed by atoms with E-state index in [-0.39, 0.29) is 12.3 Å². The van der Waals surface area contributed by atoms with Crippen LogP contribution in [0.15, 0.2) is 12.1 Å². The van der Waals surface area contributed by atoms with Gasteiger partial charge in [0.25, 0.3) is 0 Å². The van der Waals surface area contributed by atoms with E-state index in [9.17, 15) is 4.79 Å². The van der Waals surface area contributed by atoms with Gasteiger partial charge in [0.2, 0.25) is 5.91 Å². The van der Waals surface area contributed by atoms with Crippen LogP contribution in [0.5, 0.6) is 11.5 Å². The number of hydrogen-bond donors (Lipinski definition) is 1. The number of amides is 1. The molecule has 4 heteroatoms. The van der Waals surface area contributed by atoms with Crippen molar-refractivity contribution in [1.82, 2.24) is 5.32 Å². The molecule has 1 amide bonds. The van der Waals surface area contributed by atoms with Crippen LogP contribution in [0.2, 0.25) is 0 Å². The molecule has 1 aromatic carbocycles. The van der Waals surface area contributed by atoms with Crippen molar-refractivity contribution in [3.8, 4) is 23.8 Å². The number of hydrogen-bond acceptors (Lipinski definition) is 3. The summed E-state index contributed by atoms with van der Waals surface area (Å²) < 4.78 is 10.4. The van der Waals surface area contributed by atoms with Crippen molar-refractivity contribution in [2.75, 3.05) is 20.8 Å². The molecular weight excluding hydrogens is 254 g/mol. The van der Waals surface area contributed by atoms with Gasteiger partial charge < -0.3 is 14.8 Å². The molecule has 0 bridgehead atoms. The number of rotatable bonds is 7. The zero-order chi connectivity index (χ0) is 15.0. The molecule has 0 aromatic heterocycles. The molecule has 0 radical (unpaired) electrons. The third-order valence-electron chi connectivity index (χ3n) is 2.97. The van der Waals surface area contributed by atoms with Crippen molar-refractivity contribution in [2.24, 2.45) is 0 Å². The highest BCUT2D eigenvalue weighted by Gasteiger charge is 2.12. The smallest absolute Gasteiger partial charge is 0.224 e. The van der Waals surface area contributed by atoms with Gasteiger partial charge in [0.05, 0.1) is 20.6 Å². The number of terminal acetylenes is 1. The van der Waals surface area contributed by atoms with Crippen molar-refractivity contribution in [2.45, 2.75) is 26.2 Å². The molecule has 1 rings (SSSR count). The number of ether oxygens (including phenoxy) is 2. The highest BCUT2D eigenvalue weighted by Crippen LogP contribution is 2.30. The van der Waals surface area contributed by atoms with Crippen LogP contribution in [0.4, 0.5) is 0 Å². The Hall–Kier alpha value is -2.15. The molecule has 0 saturated carbocycles. The summed E-state index contributed by atoms with van der Waals surface area (Å²) in [6, 6.07) is 3.47. The average Bonchev–Trinajstić information content (AvgIpc) is 2.47. The lowest BCUT2D eigenvalue weighted by Gasteiger charge is -2.12. The molecular formula is C16H21NO3. The average molecular weight is 275 g/mol. The van der Waals surface area contributed by atoms with Crippen LogP contribution in [0.25, 0.3) is 0 Å². The zero-order valence-electron chi connectivity index (χ0n) is 12.3. The largest absolute Gasteiger partial charge is 0.493 e. The summed E-state index contributed by atoms with van der Waals surface area (Å²) in [5.41, 5.74) is 1.41. The lowest BCUT2D eigenvalue weighted by Crippen LogP contribution is -2.26. The molecule has 0 spiro atoms. The molecule has 0 heterocycles. The lowest BCUT2D eigenvalue weighted by atomic mass is 10.0. The summed E-state index contributed by atoms with van der Waals surface area (Å²) in [6.45, 7) is 2.77. The summed E-state index contributed by atoms with van der Waals surface area (Å²) in [5, 5.41) is 2.87. The van der Waals surface area contributed by atoms with E-state index in [1.165, 1.54) is 0 Å². The summed E-state index contributed by atoms with van der Waals surface area (Å²) in [4.78, 5) is 11.9. The van der Waals surface area contributed by atoms with Crippen LogP contribution in [0, 0.1) is 12.3 Å². The Kier molecular flexibility index (Phi) is 6.45. The fraction of sp³-hybridized carbons (Fsp3) is 0.438. The number of carbonyl (C=O) groups is 1. The fourth-order valence-electron chi connectivity index (χ4n) is 1.84. The topological polar surface area (TPSA) is 47.6 Å². The van der Waals surface area contributed by atoms with E-state index < -0.39 is 0 Å². The van der Waals surface area contributed by atoms with E-state index in [0.717, 1.165) is 18.4 Å². The van der Waals surface area contributed by atoms with Gasteiger partial charge in [0, 0.05) is 12.1 Å². The molecule has 4 nitrogen and oxygen atoms in total. The summed E-state index contributed by atoms with van der Waals surface area (Å²) in [5.74, 6) is 3.68. The molecule has 108 valence electrons. The molecule has 0 unspecified atom stereocenters. The van der Waals surface area contributed by atoms with Crippen LogP contribution < -0.4 is 14.8 Å². The normalized spacial score (nSPS) is 9.70. The monoisotopic (exact) mass is 275 g/mol. The van der Waals surface area contributed by atoms with Crippen LogP contribution in [0.1, 0.15) is 30.9 Å². The Bertz CT molecular complexity index is 503. The molecule has 0 aliphatic carbocycles. The van der Waals surface area contributed by atoms with Crippen molar-refractivity contribution in [3.63, 3.8) is 0 Å². The van der Waals surface area contributed by atoms with E-state index in [1.807, 2.05) is 0 Å². The van der Waals surface area contributed by atoms with Gasteiger partial charge in [-0.05, 0) is 24.1 Å². The first-order valence-corrected chi connectivity index (χ1v) is 6.64. The summed E-state index contributed by atoms with van der Waals surface area (Å²) in [6.07, 6.45) is 7.74. The second-order valence-electron chi connectivity index (χ2n) is 4.39. The zero-order valence-corrected chi connectivity index (χ0v) is 12.3. The maximum atomic E-state index is 11.9. The Labute approximate surface area is 120 Å². The van der Waals surface area contributed by atoms with Crippen molar-refractivity contribution >= 4 is 5.91 Å². The van der Waals surface area contributed by atoms with E-state index in [2.05, 4.69) is 18.2 Å². The van der Waals surface area contributed by atoms with Crippen LogP contribution >= 0.6 is 0 Å². The number of unbranched alkanes of at least 4 members (excludes halogenated alkanes) is 1. The van der Waals surface area contributed by atoms with Crippen molar-refractivity contribution < 1.29 is 14.3 Å². The number of methoxy groups -OCH3 is 2. The molecule has 1 aromatic rings. The molecule has 0 aliphatic heterocycles. The highest BCUT2D eigenvalue weighted by molar-refractivity contribution is 5.79. The number of carbonyl (C=O) groups excluding carboxylic acids is 1. The van der Waals surface area contributed by atoms with E-state index in [4.69, 9.17) is 15.9 Å². The van der Waals surface area contributed by atoms with Gasteiger partial charge in [0.15, 0.2) is 11.5 Å². The van der Waals surface area contributed by atoms with Gasteiger partial charge in [-0.3, -0.25) is 4.79 Å². The Balaban J connectivity index is 2.88. The van der Waals surface area contributed by atoms with E-state index in [0.29, 0.717) is 23.6 Å². The standard InChI is InChI=1S/C16H21NO3/c1-5-7-8-17-16(18)11-13-10-15(20-4)14(19-3)9-12(13)6-2/h2,9-10H,5,7-8,11H2,1,3-4H3,(H,17,18). The predicted molar refractivity (Wildman–Crippen MR) is 79.1 cm³/mol. The second-order valence-corrected chi connectivity index (χ2v) is 4.39. The number of benzene rings is 1. The SMILES string of the molecule is C#Cc1cc(OC)c(OC)cc1CC(=O)NCCCC. The van der Waals surface area contributed by atoms with Crippen LogP contribution in [-0.4, -0.2) is 26.7 Å². The first kappa shape index (κ1) is 15.9. The third kappa shape index (κ3) is 4.20. The van der Waals surface area contributed by atoms with Crippen molar-refractivity contribution in [3.05, 3.63) is 23.3 Å². The minimum absolute atomic E-state index is 0.0397. The van der Waals surface area contributed by atoms with Crippen LogP contribution in [0.3, 0.4) is 0 Å². The summed E-state index contributed by atoms with van der Waals surface area (Å²) >= 11 is 0. The molecule has 0 aliphatic rings. The maximum absolute atomic E-state index is 11.9. The molecule has 0 fully saturated rings. The Morgan fingerprint density at radius 1 is 1.30 bits per heavy atom. The first-order chi connectivity index (χ1) is 9.65. The van der Waals surface area contributed by atoms with Gasteiger partial charge >= 0.3 is 0 Å². The second kappa shape index (κ2) is 8.11. The Morgan fingerprint density at radius 2 is 1.95 bits per heavy atom. The van der Waals surface area contributed by atoms with Crippen LogP contribution in [-0.2, 0) is 11.2 Å². The Morgan fingerprint density at radius 3 is 2.50 bits per heavy atom. The predicted octanol–water partition coefficient (Wildman–Crippen LogP) is 2.14. The molecule has 20 heavy (non-hydrogen) atoms. The van der Waals surface area contributed by atoms with Gasteiger partial charge in [-0.25, -0.2) is 0 Å². The summed E-state index contributed by atoms with van der Waals surface area (Å²) in [7, 11) is 3.10. The quantitative estimate of drug-likeness (QED) is 0.612. The minimum Gasteiger partial charge on any atom is -0.493 e. The third-order valence-corrected chi connectivity index (χ3v) is 2.97. The van der Waals surface area contributed by atoms with Gasteiger partial charge in [0.1, 0.15) is 0 Å². The molecule has 0 saturated heterocycles. The maximum Gasteiger partial charge on any atom is 0.224 e. The van der Waals surface area contributed by atoms with Gasteiger partial charge in [-0.1, -0.05) is 19.3 Å². The molecule has 1 N–H and O–H groups in total.